The molecule has 2 rings (SSSR count). The van der Waals surface area contributed by atoms with Crippen molar-refractivity contribution < 1.29 is 19.0 Å². The third kappa shape index (κ3) is 2.67. The second-order valence-electron chi connectivity index (χ2n) is 5.41. The highest BCUT2D eigenvalue weighted by atomic mass is 19.1. The molecule has 0 amide bonds. The Hall–Kier alpha value is -2.10. The van der Waals surface area contributed by atoms with Gasteiger partial charge in [0.2, 0.25) is 0 Å². The van der Waals surface area contributed by atoms with Crippen molar-refractivity contribution in [3.8, 4) is 11.5 Å². The molecule has 0 saturated carbocycles. The minimum atomic E-state index is -0.655. The molecule has 100 valence electrons. The van der Waals surface area contributed by atoms with Gasteiger partial charge in [-0.05, 0) is 51.1 Å². The smallest absolute Gasteiger partial charge is 0.316 e. The predicted molar refractivity (Wildman–Crippen MR) is 70.7 cm³/mol. The molecule has 19 heavy (non-hydrogen) atoms. The maximum absolute atomic E-state index is 13.3. The first kappa shape index (κ1) is 13.3. The highest BCUT2D eigenvalue weighted by Crippen LogP contribution is 2.34. The fraction of sp³-hybridized carbons (Fsp3) is 0.267. The van der Waals surface area contributed by atoms with Crippen LogP contribution >= 0.6 is 0 Å². The summed E-state index contributed by atoms with van der Waals surface area (Å²) in [5, 5.41) is 10.5. The summed E-state index contributed by atoms with van der Waals surface area (Å²) in [6.07, 6.45) is 0. The van der Waals surface area contributed by atoms with Gasteiger partial charge in [-0.1, -0.05) is 0 Å². The summed E-state index contributed by atoms with van der Waals surface area (Å²) >= 11 is 0. The molecular weight excluding hydrogens is 247 g/mol. The molecule has 0 saturated heterocycles. The Morgan fingerprint density at radius 3 is 2.47 bits per heavy atom. The van der Waals surface area contributed by atoms with Crippen molar-refractivity contribution in [3.63, 3.8) is 0 Å². The number of aromatic hydroxyl groups is 1. The van der Waals surface area contributed by atoms with Crippen LogP contribution in [-0.2, 0) is 4.79 Å². The minimum Gasteiger partial charge on any atom is -0.507 e. The summed E-state index contributed by atoms with van der Waals surface area (Å²) in [5.74, 6) is -0.604. The number of phenols is 1. The van der Waals surface area contributed by atoms with E-state index in [-0.39, 0.29) is 11.5 Å². The minimum absolute atomic E-state index is 0.0190. The van der Waals surface area contributed by atoms with E-state index in [0.717, 1.165) is 0 Å². The molecule has 1 N–H and O–H groups in total. The van der Waals surface area contributed by atoms with Crippen LogP contribution in [0.5, 0.6) is 11.5 Å². The van der Waals surface area contributed by atoms with Gasteiger partial charge in [-0.3, -0.25) is 4.79 Å². The topological polar surface area (TPSA) is 46.5 Å². The van der Waals surface area contributed by atoms with Crippen LogP contribution in [0.4, 0.5) is 4.39 Å². The van der Waals surface area contributed by atoms with Crippen LogP contribution in [0, 0.1) is 11.2 Å². The summed E-state index contributed by atoms with van der Waals surface area (Å²) in [6.45, 7) is 5.20. The summed E-state index contributed by atoms with van der Waals surface area (Å²) in [4.78, 5) is 11.9. The van der Waals surface area contributed by atoms with Crippen molar-refractivity contribution in [3.05, 3.63) is 36.1 Å². The molecule has 4 heteroatoms. The third-order valence-corrected chi connectivity index (χ3v) is 2.73. The number of hydrogen-bond acceptors (Lipinski definition) is 3. The normalized spacial score (nSPS) is 11.6. The van der Waals surface area contributed by atoms with Crippen molar-refractivity contribution in [1.82, 2.24) is 0 Å². The molecule has 0 bridgehead atoms. The second-order valence-corrected chi connectivity index (χ2v) is 5.41. The van der Waals surface area contributed by atoms with Crippen LogP contribution in [0.2, 0.25) is 0 Å². The second kappa shape index (κ2) is 4.53. The van der Waals surface area contributed by atoms with E-state index in [2.05, 4.69) is 0 Å². The highest BCUT2D eigenvalue weighted by molar-refractivity contribution is 5.95. The molecule has 0 aliphatic heterocycles. The van der Waals surface area contributed by atoms with E-state index in [9.17, 15) is 14.3 Å². The number of carbonyl (C=O) groups is 1. The quantitative estimate of drug-likeness (QED) is 0.630. The summed E-state index contributed by atoms with van der Waals surface area (Å²) < 4.78 is 18.6. The van der Waals surface area contributed by atoms with E-state index in [0.29, 0.717) is 10.8 Å². The van der Waals surface area contributed by atoms with Crippen molar-refractivity contribution in [1.29, 1.82) is 0 Å². The van der Waals surface area contributed by atoms with Gasteiger partial charge in [0.1, 0.15) is 17.3 Å². The fourth-order valence-corrected chi connectivity index (χ4v) is 1.62. The fourth-order valence-electron chi connectivity index (χ4n) is 1.62. The van der Waals surface area contributed by atoms with Gasteiger partial charge in [-0.15, -0.1) is 0 Å². The zero-order valence-corrected chi connectivity index (χ0v) is 11.0. The molecule has 0 aromatic heterocycles. The number of hydrogen-bond donors (Lipinski definition) is 1. The monoisotopic (exact) mass is 262 g/mol. The lowest BCUT2D eigenvalue weighted by molar-refractivity contribution is -0.142. The van der Waals surface area contributed by atoms with Gasteiger partial charge < -0.3 is 9.84 Å². The van der Waals surface area contributed by atoms with E-state index < -0.39 is 17.2 Å². The average Bonchev–Trinajstić information content (AvgIpc) is 2.31. The van der Waals surface area contributed by atoms with Crippen LogP contribution < -0.4 is 4.74 Å². The molecule has 0 fully saturated rings. The molecule has 2 aromatic rings. The van der Waals surface area contributed by atoms with Crippen molar-refractivity contribution in [2.45, 2.75) is 20.8 Å². The average molecular weight is 262 g/mol. The van der Waals surface area contributed by atoms with Gasteiger partial charge in [0.25, 0.3) is 0 Å². The van der Waals surface area contributed by atoms with E-state index in [4.69, 9.17) is 4.74 Å². The molecule has 0 aliphatic rings. The Kier molecular flexibility index (Phi) is 3.18. The molecule has 0 aliphatic carbocycles. The lowest BCUT2D eigenvalue weighted by atomic mass is 9.97. The Morgan fingerprint density at radius 2 is 1.84 bits per heavy atom. The molecule has 0 spiro atoms. The lowest BCUT2D eigenvalue weighted by Crippen LogP contribution is -2.25. The van der Waals surface area contributed by atoms with E-state index >= 15 is 0 Å². The van der Waals surface area contributed by atoms with E-state index in [1.165, 1.54) is 30.3 Å². The van der Waals surface area contributed by atoms with Crippen molar-refractivity contribution >= 4 is 16.7 Å². The maximum Gasteiger partial charge on any atom is 0.316 e. The number of halogens is 1. The number of phenolic OH excluding ortho intramolecular Hbond substituents is 1. The van der Waals surface area contributed by atoms with E-state index in [1.54, 1.807) is 20.8 Å². The number of ether oxygens (including phenoxy) is 1. The molecule has 0 radical (unpaired) electrons. The molecule has 0 atom stereocenters. The number of carbonyl (C=O) groups excluding carboxylic acids is 1. The predicted octanol–water partition coefficient (Wildman–Crippen LogP) is 3.64. The molecule has 2 aromatic carbocycles. The first-order valence-electron chi connectivity index (χ1n) is 5.92. The Labute approximate surface area is 110 Å². The van der Waals surface area contributed by atoms with Crippen LogP contribution in [0.15, 0.2) is 30.3 Å². The number of benzene rings is 2. The van der Waals surface area contributed by atoms with Crippen LogP contribution in [0.1, 0.15) is 20.8 Å². The summed E-state index contributed by atoms with van der Waals surface area (Å²) in [6, 6.07) is 6.82. The van der Waals surface area contributed by atoms with Gasteiger partial charge in [-0.2, -0.15) is 0 Å². The Balaban J connectivity index is 2.53. The lowest BCUT2D eigenvalue weighted by Gasteiger charge is -2.17. The van der Waals surface area contributed by atoms with Gasteiger partial charge in [0.15, 0.2) is 0 Å². The van der Waals surface area contributed by atoms with Gasteiger partial charge >= 0.3 is 5.97 Å². The SMILES string of the molecule is CC(C)(C)C(=O)Oc1ccc(O)c2ccc(F)cc12. The Bertz CT molecular complexity index is 642. The first-order chi connectivity index (χ1) is 8.79. The van der Waals surface area contributed by atoms with Crippen LogP contribution in [0.3, 0.4) is 0 Å². The van der Waals surface area contributed by atoms with Gasteiger partial charge in [0.05, 0.1) is 5.41 Å². The Morgan fingerprint density at radius 1 is 1.16 bits per heavy atom. The van der Waals surface area contributed by atoms with Crippen LogP contribution in [0.25, 0.3) is 10.8 Å². The number of esters is 1. The molecule has 0 heterocycles. The molecule has 3 nitrogen and oxygen atoms in total. The van der Waals surface area contributed by atoms with E-state index in [1.807, 2.05) is 0 Å². The third-order valence-electron chi connectivity index (χ3n) is 2.73. The maximum atomic E-state index is 13.3. The molecule has 0 unspecified atom stereocenters. The first-order valence-corrected chi connectivity index (χ1v) is 5.92. The number of fused-ring (bicyclic) bond motifs is 1. The van der Waals surface area contributed by atoms with Crippen LogP contribution in [-0.4, -0.2) is 11.1 Å². The highest BCUT2D eigenvalue weighted by Gasteiger charge is 2.24. The summed E-state index contributed by atoms with van der Waals surface area (Å²) in [5.41, 5.74) is -0.655. The molecular formula is C15H15FO3. The largest absolute Gasteiger partial charge is 0.507 e. The zero-order valence-electron chi connectivity index (χ0n) is 11.0. The summed E-state index contributed by atoms with van der Waals surface area (Å²) in [7, 11) is 0. The van der Waals surface area contributed by atoms with Crippen molar-refractivity contribution in [2.75, 3.05) is 0 Å². The number of rotatable bonds is 1. The standard InChI is InChI=1S/C15H15FO3/c1-15(2,3)14(18)19-13-7-6-12(17)10-5-4-9(16)8-11(10)13/h4-8,17H,1-3H3. The van der Waals surface area contributed by atoms with Gasteiger partial charge in [-0.25, -0.2) is 4.39 Å². The van der Waals surface area contributed by atoms with Gasteiger partial charge in [0, 0.05) is 10.8 Å². The zero-order chi connectivity index (χ0) is 14.2. The van der Waals surface area contributed by atoms with Crippen molar-refractivity contribution in [2.24, 2.45) is 5.41 Å².